The van der Waals surface area contributed by atoms with Crippen molar-refractivity contribution < 1.29 is 14.3 Å². The van der Waals surface area contributed by atoms with Crippen molar-refractivity contribution in [2.24, 2.45) is 0 Å². The van der Waals surface area contributed by atoms with Gasteiger partial charge in [-0.3, -0.25) is 9.59 Å². The zero-order valence-electron chi connectivity index (χ0n) is 9.29. The molecule has 1 aliphatic heterocycles. The van der Waals surface area contributed by atoms with Crippen LogP contribution < -0.4 is 10.1 Å². The van der Waals surface area contributed by atoms with Crippen molar-refractivity contribution in [2.75, 3.05) is 11.9 Å². The Bertz CT molecular complexity index is 466. The van der Waals surface area contributed by atoms with Crippen LogP contribution in [-0.4, -0.2) is 18.3 Å². The van der Waals surface area contributed by atoms with Crippen LogP contribution in [0.2, 0.25) is 0 Å². The number of hydrogen-bond acceptors (Lipinski definition) is 3. The first kappa shape index (κ1) is 10.7. The van der Waals surface area contributed by atoms with Gasteiger partial charge in [0.15, 0.2) is 5.78 Å². The number of aryl methyl sites for hydroxylation is 1. The van der Waals surface area contributed by atoms with Crippen LogP contribution in [-0.2, 0) is 4.79 Å². The van der Waals surface area contributed by atoms with Gasteiger partial charge in [-0.25, -0.2) is 0 Å². The van der Waals surface area contributed by atoms with Crippen molar-refractivity contribution in [1.29, 1.82) is 0 Å². The molecule has 1 aliphatic rings. The number of hydrogen-bond donors (Lipinski definition) is 1. The molecule has 1 aromatic carbocycles. The standard InChI is InChI=1S/C12H13NO3/c1-7-3-4-9(13-8(2)14)11-10(15)5-6-16-12(7)11/h3-4H,5-6H2,1-2H3,(H,13,14). The number of ketones is 1. The van der Waals surface area contributed by atoms with Gasteiger partial charge in [-0.05, 0) is 18.6 Å². The summed E-state index contributed by atoms with van der Waals surface area (Å²) in [6.45, 7) is 3.71. The second-order valence-corrected chi connectivity index (χ2v) is 3.84. The number of carbonyl (C=O) groups excluding carboxylic acids is 2. The van der Waals surface area contributed by atoms with Crippen LogP contribution in [0.3, 0.4) is 0 Å². The Morgan fingerprint density at radius 3 is 2.88 bits per heavy atom. The minimum atomic E-state index is -0.190. The largest absolute Gasteiger partial charge is 0.492 e. The summed E-state index contributed by atoms with van der Waals surface area (Å²) in [5.74, 6) is 0.431. The molecular formula is C12H13NO3. The summed E-state index contributed by atoms with van der Waals surface area (Å²) in [5, 5.41) is 2.65. The van der Waals surface area contributed by atoms with Gasteiger partial charge in [0.25, 0.3) is 0 Å². The molecule has 0 saturated heterocycles. The lowest BCUT2D eigenvalue weighted by molar-refractivity contribution is -0.114. The lowest BCUT2D eigenvalue weighted by atomic mass is 9.99. The van der Waals surface area contributed by atoms with E-state index in [4.69, 9.17) is 4.74 Å². The average Bonchev–Trinajstić information content (AvgIpc) is 2.22. The number of nitrogens with one attached hydrogen (secondary N) is 1. The quantitative estimate of drug-likeness (QED) is 0.785. The summed E-state index contributed by atoms with van der Waals surface area (Å²) in [7, 11) is 0. The Hall–Kier alpha value is -1.84. The van der Waals surface area contributed by atoms with Crippen LogP contribution in [0.5, 0.6) is 5.75 Å². The molecule has 0 fully saturated rings. The molecule has 0 saturated carbocycles. The molecule has 0 spiro atoms. The van der Waals surface area contributed by atoms with Gasteiger partial charge in [-0.1, -0.05) is 6.07 Å². The second kappa shape index (κ2) is 3.96. The highest BCUT2D eigenvalue weighted by Gasteiger charge is 2.24. The first-order chi connectivity index (χ1) is 7.59. The molecule has 16 heavy (non-hydrogen) atoms. The van der Waals surface area contributed by atoms with Crippen molar-refractivity contribution in [3.05, 3.63) is 23.3 Å². The van der Waals surface area contributed by atoms with Crippen LogP contribution in [0.1, 0.15) is 29.3 Å². The maximum absolute atomic E-state index is 11.8. The molecule has 0 bridgehead atoms. The van der Waals surface area contributed by atoms with Gasteiger partial charge in [0.05, 0.1) is 17.9 Å². The lowest BCUT2D eigenvalue weighted by Crippen LogP contribution is -2.19. The highest BCUT2D eigenvalue weighted by molar-refractivity contribution is 6.07. The van der Waals surface area contributed by atoms with Gasteiger partial charge >= 0.3 is 0 Å². The fraction of sp³-hybridized carbons (Fsp3) is 0.333. The molecule has 0 aromatic heterocycles. The smallest absolute Gasteiger partial charge is 0.221 e. The minimum Gasteiger partial charge on any atom is -0.492 e. The van der Waals surface area contributed by atoms with E-state index in [0.29, 0.717) is 30.0 Å². The van der Waals surface area contributed by atoms with Gasteiger partial charge in [-0.15, -0.1) is 0 Å². The van der Waals surface area contributed by atoms with Gasteiger partial charge in [-0.2, -0.15) is 0 Å². The Labute approximate surface area is 93.6 Å². The van der Waals surface area contributed by atoms with E-state index < -0.39 is 0 Å². The molecule has 0 radical (unpaired) electrons. The Morgan fingerprint density at radius 2 is 2.19 bits per heavy atom. The molecule has 0 aliphatic carbocycles. The number of ether oxygens (including phenoxy) is 1. The van der Waals surface area contributed by atoms with E-state index in [1.54, 1.807) is 6.07 Å². The van der Waals surface area contributed by atoms with Crippen LogP contribution in [0.4, 0.5) is 5.69 Å². The molecule has 4 heteroatoms. The Balaban J connectivity index is 2.55. The predicted molar refractivity (Wildman–Crippen MR) is 59.9 cm³/mol. The Kier molecular flexibility index (Phi) is 2.64. The first-order valence-corrected chi connectivity index (χ1v) is 5.17. The molecule has 0 unspecified atom stereocenters. The highest BCUT2D eigenvalue weighted by atomic mass is 16.5. The third-order valence-corrected chi connectivity index (χ3v) is 2.52. The van der Waals surface area contributed by atoms with Crippen LogP contribution in [0.15, 0.2) is 12.1 Å². The summed E-state index contributed by atoms with van der Waals surface area (Å²) < 4.78 is 5.47. The molecule has 1 N–H and O–H groups in total. The average molecular weight is 219 g/mol. The first-order valence-electron chi connectivity index (χ1n) is 5.17. The number of fused-ring (bicyclic) bond motifs is 1. The summed E-state index contributed by atoms with van der Waals surface area (Å²) in [6, 6.07) is 3.57. The number of amides is 1. The third kappa shape index (κ3) is 1.78. The fourth-order valence-electron chi connectivity index (χ4n) is 1.81. The van der Waals surface area contributed by atoms with E-state index in [2.05, 4.69) is 5.32 Å². The van der Waals surface area contributed by atoms with Crippen LogP contribution >= 0.6 is 0 Å². The van der Waals surface area contributed by atoms with Crippen molar-refractivity contribution in [1.82, 2.24) is 0 Å². The van der Waals surface area contributed by atoms with E-state index >= 15 is 0 Å². The molecule has 4 nitrogen and oxygen atoms in total. The van der Waals surface area contributed by atoms with Gasteiger partial charge in [0, 0.05) is 13.3 Å². The van der Waals surface area contributed by atoms with E-state index in [0.717, 1.165) is 5.56 Å². The molecular weight excluding hydrogens is 206 g/mol. The fourth-order valence-corrected chi connectivity index (χ4v) is 1.81. The SMILES string of the molecule is CC(=O)Nc1ccc(C)c2c1C(=O)CCO2. The summed E-state index contributed by atoms with van der Waals surface area (Å²) in [5.41, 5.74) is 1.96. The van der Waals surface area contributed by atoms with Crippen molar-refractivity contribution in [3.8, 4) is 5.75 Å². The van der Waals surface area contributed by atoms with Gasteiger partial charge < -0.3 is 10.1 Å². The molecule has 1 aromatic rings. The van der Waals surface area contributed by atoms with E-state index in [9.17, 15) is 9.59 Å². The van der Waals surface area contributed by atoms with E-state index in [1.165, 1.54) is 6.92 Å². The van der Waals surface area contributed by atoms with Crippen molar-refractivity contribution in [3.63, 3.8) is 0 Å². The van der Waals surface area contributed by atoms with E-state index in [-0.39, 0.29) is 11.7 Å². The normalized spacial score (nSPS) is 14.0. The van der Waals surface area contributed by atoms with E-state index in [1.807, 2.05) is 13.0 Å². The number of anilines is 1. The molecule has 0 atom stereocenters. The minimum absolute atomic E-state index is 0.0219. The van der Waals surface area contributed by atoms with Crippen LogP contribution in [0, 0.1) is 6.92 Å². The number of carbonyl (C=O) groups is 2. The highest BCUT2D eigenvalue weighted by Crippen LogP contribution is 2.34. The number of Topliss-reactive ketones (excluding diaryl/α,β-unsaturated/α-hetero) is 1. The maximum atomic E-state index is 11.8. The summed E-state index contributed by atoms with van der Waals surface area (Å²) in [6.07, 6.45) is 0.364. The van der Waals surface area contributed by atoms with Crippen molar-refractivity contribution in [2.45, 2.75) is 20.3 Å². The third-order valence-electron chi connectivity index (χ3n) is 2.52. The maximum Gasteiger partial charge on any atom is 0.221 e. The summed E-state index contributed by atoms with van der Waals surface area (Å²) in [4.78, 5) is 22.8. The van der Waals surface area contributed by atoms with Crippen molar-refractivity contribution >= 4 is 17.4 Å². The van der Waals surface area contributed by atoms with Crippen LogP contribution in [0.25, 0.3) is 0 Å². The topological polar surface area (TPSA) is 55.4 Å². The molecule has 1 amide bonds. The Morgan fingerprint density at radius 1 is 1.44 bits per heavy atom. The predicted octanol–water partition coefficient (Wildman–Crippen LogP) is 1.92. The molecule has 84 valence electrons. The second-order valence-electron chi connectivity index (χ2n) is 3.84. The molecule has 2 rings (SSSR count). The lowest BCUT2D eigenvalue weighted by Gasteiger charge is -2.21. The molecule has 1 heterocycles. The van der Waals surface area contributed by atoms with Gasteiger partial charge in [0.2, 0.25) is 5.91 Å². The number of rotatable bonds is 1. The zero-order chi connectivity index (χ0) is 11.7. The monoisotopic (exact) mass is 219 g/mol. The van der Waals surface area contributed by atoms with Gasteiger partial charge in [0.1, 0.15) is 5.75 Å². The summed E-state index contributed by atoms with van der Waals surface area (Å²) >= 11 is 0. The number of benzene rings is 1. The zero-order valence-corrected chi connectivity index (χ0v) is 9.29.